The van der Waals surface area contributed by atoms with Gasteiger partial charge in [-0.25, -0.2) is 22.7 Å². The maximum Gasteiger partial charge on any atom is 0.343 e. The number of nitrogens with zero attached hydrogens (tertiary/aromatic N) is 3. The van der Waals surface area contributed by atoms with Gasteiger partial charge >= 0.3 is 5.69 Å². The van der Waals surface area contributed by atoms with Crippen LogP contribution < -0.4 is 5.69 Å². The Labute approximate surface area is 132 Å². The Hall–Kier alpha value is -2.00. The van der Waals surface area contributed by atoms with E-state index in [2.05, 4.69) is 10.2 Å². The van der Waals surface area contributed by atoms with E-state index < -0.39 is 15.8 Å². The van der Waals surface area contributed by atoms with E-state index in [0.717, 1.165) is 6.07 Å². The van der Waals surface area contributed by atoms with Gasteiger partial charge in [0.1, 0.15) is 16.5 Å². The van der Waals surface area contributed by atoms with Crippen molar-refractivity contribution in [3.05, 3.63) is 46.4 Å². The van der Waals surface area contributed by atoms with Crippen LogP contribution in [0.5, 0.6) is 0 Å². The van der Waals surface area contributed by atoms with Crippen molar-refractivity contribution < 1.29 is 12.8 Å². The van der Waals surface area contributed by atoms with Gasteiger partial charge in [0.15, 0.2) is 0 Å². The molecule has 0 bridgehead atoms. The van der Waals surface area contributed by atoms with Gasteiger partial charge in [0.05, 0.1) is 0 Å². The highest BCUT2D eigenvalue weighted by Crippen LogP contribution is 2.24. The molecule has 2 heterocycles. The lowest BCUT2D eigenvalue weighted by Crippen LogP contribution is -2.38. The van der Waals surface area contributed by atoms with Crippen LogP contribution in [0.25, 0.3) is 0 Å². The minimum atomic E-state index is -3.92. The molecule has 1 aliphatic rings. The van der Waals surface area contributed by atoms with Crippen molar-refractivity contribution in [2.75, 3.05) is 7.05 Å². The molecule has 3 rings (SSSR count). The van der Waals surface area contributed by atoms with Crippen molar-refractivity contribution >= 4 is 10.0 Å². The quantitative estimate of drug-likeness (QED) is 0.892. The predicted octanol–water partition coefficient (Wildman–Crippen LogP) is 0.736. The van der Waals surface area contributed by atoms with Gasteiger partial charge in [0, 0.05) is 26.1 Å². The lowest BCUT2D eigenvalue weighted by atomic mass is 10.1. The first-order valence-electron chi connectivity index (χ1n) is 7.28. The fraction of sp³-hybridized carbons (Fsp3) is 0.429. The third-order valence-electron chi connectivity index (χ3n) is 4.23. The number of hydrogen-bond donors (Lipinski definition) is 1. The molecular weight excluding hydrogens is 323 g/mol. The number of aromatic amines is 1. The van der Waals surface area contributed by atoms with E-state index in [1.165, 1.54) is 34.1 Å². The number of H-pyrrole nitrogens is 1. The molecule has 23 heavy (non-hydrogen) atoms. The summed E-state index contributed by atoms with van der Waals surface area (Å²) in [6.45, 7) is 0.381. The van der Waals surface area contributed by atoms with Crippen LogP contribution in [0.2, 0.25) is 0 Å². The molecule has 1 atom stereocenters. The number of hydrogen-bond acceptors (Lipinski definition) is 4. The van der Waals surface area contributed by atoms with Gasteiger partial charge < -0.3 is 0 Å². The van der Waals surface area contributed by atoms with Crippen LogP contribution in [0.15, 0.2) is 34.0 Å². The Morgan fingerprint density at radius 3 is 2.83 bits per heavy atom. The molecule has 1 aliphatic heterocycles. The van der Waals surface area contributed by atoms with Crippen LogP contribution in [0, 0.1) is 5.82 Å². The molecule has 0 radical (unpaired) electrons. The van der Waals surface area contributed by atoms with E-state index in [1.54, 1.807) is 0 Å². The molecule has 0 saturated carbocycles. The third-order valence-corrected chi connectivity index (χ3v) is 6.18. The predicted molar refractivity (Wildman–Crippen MR) is 80.9 cm³/mol. The first-order valence-corrected chi connectivity index (χ1v) is 8.72. The van der Waals surface area contributed by atoms with Crippen molar-refractivity contribution in [3.63, 3.8) is 0 Å². The second-order valence-corrected chi connectivity index (χ2v) is 7.50. The van der Waals surface area contributed by atoms with Gasteiger partial charge in [-0.05, 0) is 25.0 Å². The topological polar surface area (TPSA) is 88.1 Å². The van der Waals surface area contributed by atoms with Crippen molar-refractivity contribution in [1.29, 1.82) is 0 Å². The first-order chi connectivity index (χ1) is 10.9. The van der Waals surface area contributed by atoms with Gasteiger partial charge in [-0.1, -0.05) is 12.1 Å². The Morgan fingerprint density at radius 2 is 2.09 bits per heavy atom. The van der Waals surface area contributed by atoms with Crippen LogP contribution in [0.3, 0.4) is 0 Å². The summed E-state index contributed by atoms with van der Waals surface area (Å²) in [6.07, 6.45) is 1.48. The highest BCUT2D eigenvalue weighted by molar-refractivity contribution is 7.89. The summed E-state index contributed by atoms with van der Waals surface area (Å²) in [4.78, 5) is 11.3. The molecule has 0 fully saturated rings. The van der Waals surface area contributed by atoms with Gasteiger partial charge in [-0.2, -0.15) is 9.40 Å². The van der Waals surface area contributed by atoms with E-state index in [9.17, 15) is 17.6 Å². The Bertz CT molecular complexity index is 874. The second kappa shape index (κ2) is 5.89. The maximum absolute atomic E-state index is 13.8. The Balaban J connectivity index is 1.85. The molecule has 9 heteroatoms. The number of fused-ring (bicyclic) bond motifs is 1. The highest BCUT2D eigenvalue weighted by atomic mass is 32.2. The number of aromatic nitrogens is 3. The summed E-state index contributed by atoms with van der Waals surface area (Å²) in [5.74, 6) is -0.147. The second-order valence-electron chi connectivity index (χ2n) is 5.53. The molecule has 1 unspecified atom stereocenters. The van der Waals surface area contributed by atoms with Crippen LogP contribution in [-0.4, -0.2) is 40.6 Å². The smallest absolute Gasteiger partial charge is 0.279 e. The Morgan fingerprint density at radius 1 is 1.35 bits per heavy atom. The van der Waals surface area contributed by atoms with E-state index in [1.807, 2.05) is 0 Å². The monoisotopic (exact) mass is 340 g/mol. The lowest BCUT2D eigenvalue weighted by Gasteiger charge is -2.26. The van der Waals surface area contributed by atoms with Crippen molar-refractivity contribution in [2.24, 2.45) is 0 Å². The van der Waals surface area contributed by atoms with Crippen molar-refractivity contribution in [3.8, 4) is 0 Å². The zero-order chi connectivity index (χ0) is 16.6. The molecule has 1 aromatic carbocycles. The molecule has 0 spiro atoms. The van der Waals surface area contributed by atoms with Crippen molar-refractivity contribution in [1.82, 2.24) is 19.1 Å². The fourth-order valence-electron chi connectivity index (χ4n) is 2.86. The summed E-state index contributed by atoms with van der Waals surface area (Å²) >= 11 is 0. The standard InChI is InChI=1S/C14H17FN4O3S/c1-18(23(21,22)12-5-3-2-4-11(12)15)10-6-7-13-16-17-14(20)19(13)9-8-10/h2-5,10H,6-9H2,1H3,(H,17,20). The van der Waals surface area contributed by atoms with Gasteiger partial charge in [-0.15, -0.1) is 0 Å². The van der Waals surface area contributed by atoms with Crippen LogP contribution in [-0.2, 0) is 23.0 Å². The van der Waals surface area contributed by atoms with Crippen LogP contribution in [0.1, 0.15) is 18.7 Å². The molecule has 0 amide bonds. The average molecular weight is 340 g/mol. The number of rotatable bonds is 3. The largest absolute Gasteiger partial charge is 0.343 e. The normalized spacial score (nSPS) is 18.7. The summed E-state index contributed by atoms with van der Waals surface area (Å²) in [5, 5.41) is 6.33. The van der Waals surface area contributed by atoms with Gasteiger partial charge in [0.25, 0.3) is 0 Å². The lowest BCUT2D eigenvalue weighted by molar-refractivity contribution is 0.328. The maximum atomic E-state index is 13.8. The molecule has 7 nitrogen and oxygen atoms in total. The summed E-state index contributed by atoms with van der Waals surface area (Å²) in [6, 6.07) is 5.01. The van der Waals surface area contributed by atoms with E-state index in [0.29, 0.717) is 31.6 Å². The SMILES string of the molecule is CN(C1CCc2n[nH]c(=O)n2CC1)S(=O)(=O)c1ccccc1F. The minimum Gasteiger partial charge on any atom is -0.279 e. The van der Waals surface area contributed by atoms with E-state index in [4.69, 9.17) is 0 Å². The number of benzene rings is 1. The highest BCUT2D eigenvalue weighted by Gasteiger charge is 2.31. The molecule has 124 valence electrons. The Kier molecular flexibility index (Phi) is 4.07. The minimum absolute atomic E-state index is 0.291. The third kappa shape index (κ3) is 2.81. The fourth-order valence-corrected chi connectivity index (χ4v) is 4.34. The summed E-state index contributed by atoms with van der Waals surface area (Å²) < 4.78 is 41.8. The summed E-state index contributed by atoms with van der Waals surface area (Å²) in [7, 11) is -2.47. The van der Waals surface area contributed by atoms with Crippen LogP contribution in [0.4, 0.5) is 4.39 Å². The summed E-state index contributed by atoms with van der Waals surface area (Å²) in [5.41, 5.74) is -0.291. The molecule has 0 aliphatic carbocycles. The molecule has 1 N–H and O–H groups in total. The van der Waals surface area contributed by atoms with Crippen LogP contribution >= 0.6 is 0 Å². The van der Waals surface area contributed by atoms with E-state index >= 15 is 0 Å². The zero-order valence-electron chi connectivity index (χ0n) is 12.6. The van der Waals surface area contributed by atoms with Gasteiger partial charge in [0.2, 0.25) is 10.0 Å². The van der Waals surface area contributed by atoms with E-state index in [-0.39, 0.29) is 16.6 Å². The number of aryl methyl sites for hydroxylation is 1. The first kappa shape index (κ1) is 15.9. The molecular formula is C14H17FN4O3S. The van der Waals surface area contributed by atoms with Crippen molar-refractivity contribution in [2.45, 2.75) is 36.7 Å². The number of sulfonamides is 1. The molecule has 2 aromatic rings. The molecule has 0 saturated heterocycles. The average Bonchev–Trinajstić information content (AvgIpc) is 2.75. The number of nitrogens with one attached hydrogen (secondary N) is 1. The zero-order valence-corrected chi connectivity index (χ0v) is 13.4. The molecule has 1 aromatic heterocycles. The number of halogens is 1. The van der Waals surface area contributed by atoms with Gasteiger partial charge in [-0.3, -0.25) is 4.57 Å².